The van der Waals surface area contributed by atoms with E-state index >= 15 is 0 Å². The molecule has 0 aliphatic heterocycles. The minimum Gasteiger partial charge on any atom is -0.469 e. The fraction of sp³-hybridized carbons (Fsp3) is 0.909. The van der Waals surface area contributed by atoms with Crippen LogP contribution in [0.4, 0.5) is 0 Å². The smallest absolute Gasteiger partial charge is 0.311 e. The van der Waals surface area contributed by atoms with Gasteiger partial charge in [0.25, 0.3) is 0 Å². The molecule has 1 aliphatic rings. The first-order valence-corrected chi connectivity index (χ1v) is 5.40. The molecule has 0 aromatic rings. The van der Waals surface area contributed by atoms with Crippen molar-refractivity contribution in [3.63, 3.8) is 0 Å². The van der Waals surface area contributed by atoms with Crippen LogP contribution < -0.4 is 0 Å². The third-order valence-corrected chi connectivity index (χ3v) is 3.35. The third kappa shape index (κ3) is 1.92. The van der Waals surface area contributed by atoms with E-state index < -0.39 is 5.60 Å². The summed E-state index contributed by atoms with van der Waals surface area (Å²) >= 11 is 0. The molecule has 2 unspecified atom stereocenters. The predicted molar refractivity (Wildman–Crippen MR) is 53.8 cm³/mol. The monoisotopic (exact) mass is 200 g/mol. The Bertz CT molecular complexity index is 211. The van der Waals surface area contributed by atoms with Gasteiger partial charge in [0, 0.05) is 0 Å². The molecule has 0 amide bonds. The second-order valence-electron chi connectivity index (χ2n) is 4.10. The van der Waals surface area contributed by atoms with Crippen molar-refractivity contribution in [2.24, 2.45) is 11.8 Å². The first-order valence-electron chi connectivity index (χ1n) is 5.40. The summed E-state index contributed by atoms with van der Waals surface area (Å²) in [6.07, 6.45) is 3.36. The molecule has 1 aliphatic carbocycles. The average molecular weight is 200 g/mol. The lowest BCUT2D eigenvalue weighted by Gasteiger charge is -2.33. The summed E-state index contributed by atoms with van der Waals surface area (Å²) in [5.74, 6) is -0.328. The van der Waals surface area contributed by atoms with Crippen molar-refractivity contribution >= 4 is 5.97 Å². The number of ether oxygens (including phenoxy) is 1. The molecule has 3 heteroatoms. The van der Waals surface area contributed by atoms with Crippen LogP contribution in [-0.4, -0.2) is 23.8 Å². The van der Waals surface area contributed by atoms with Crippen LogP contribution in [-0.2, 0) is 9.53 Å². The van der Waals surface area contributed by atoms with E-state index in [-0.39, 0.29) is 11.9 Å². The highest BCUT2D eigenvalue weighted by atomic mass is 16.5. The SMILES string of the molecule is CCC(C(=O)OC)C(O)(CC)C1CC1. The minimum absolute atomic E-state index is 0.274. The van der Waals surface area contributed by atoms with Crippen LogP contribution in [0.1, 0.15) is 39.5 Å². The summed E-state index contributed by atoms with van der Waals surface area (Å²) in [4.78, 5) is 11.5. The molecule has 2 atom stereocenters. The van der Waals surface area contributed by atoms with Gasteiger partial charge in [-0.25, -0.2) is 0 Å². The minimum atomic E-state index is -0.832. The summed E-state index contributed by atoms with van der Waals surface area (Å²) in [6.45, 7) is 3.86. The molecular formula is C11H20O3. The zero-order valence-corrected chi connectivity index (χ0v) is 9.25. The van der Waals surface area contributed by atoms with Crippen LogP contribution in [0.15, 0.2) is 0 Å². The first-order chi connectivity index (χ1) is 6.60. The zero-order valence-electron chi connectivity index (χ0n) is 9.25. The van der Waals surface area contributed by atoms with Crippen LogP contribution in [0.5, 0.6) is 0 Å². The Morgan fingerprint density at radius 3 is 2.43 bits per heavy atom. The molecule has 82 valence electrons. The number of rotatable bonds is 5. The highest BCUT2D eigenvalue weighted by Crippen LogP contribution is 2.46. The van der Waals surface area contributed by atoms with Gasteiger partial charge in [-0.15, -0.1) is 0 Å². The average Bonchev–Trinajstić information content (AvgIpc) is 3.01. The van der Waals surface area contributed by atoms with E-state index in [1.165, 1.54) is 7.11 Å². The highest BCUT2D eigenvalue weighted by molar-refractivity contribution is 5.73. The van der Waals surface area contributed by atoms with E-state index in [1.54, 1.807) is 0 Å². The van der Waals surface area contributed by atoms with Gasteiger partial charge in [0.15, 0.2) is 0 Å². The number of carbonyl (C=O) groups is 1. The highest BCUT2D eigenvalue weighted by Gasteiger charge is 2.50. The molecule has 0 saturated heterocycles. The Labute approximate surface area is 85.5 Å². The van der Waals surface area contributed by atoms with Gasteiger partial charge in [0.2, 0.25) is 0 Å². The van der Waals surface area contributed by atoms with E-state index in [1.807, 2.05) is 13.8 Å². The maximum Gasteiger partial charge on any atom is 0.311 e. The van der Waals surface area contributed by atoms with Gasteiger partial charge in [-0.05, 0) is 31.6 Å². The largest absolute Gasteiger partial charge is 0.469 e. The number of carbonyl (C=O) groups excluding carboxylic acids is 1. The van der Waals surface area contributed by atoms with Crippen molar-refractivity contribution in [1.29, 1.82) is 0 Å². The topological polar surface area (TPSA) is 46.5 Å². The second kappa shape index (κ2) is 4.30. The summed E-state index contributed by atoms with van der Waals surface area (Å²) in [5, 5.41) is 10.4. The Morgan fingerprint density at radius 2 is 2.14 bits per heavy atom. The van der Waals surface area contributed by atoms with E-state index in [4.69, 9.17) is 4.74 Å². The summed E-state index contributed by atoms with van der Waals surface area (Å²) in [5.41, 5.74) is -0.832. The van der Waals surface area contributed by atoms with Crippen molar-refractivity contribution < 1.29 is 14.6 Å². The molecule has 1 fully saturated rings. The Morgan fingerprint density at radius 1 is 1.57 bits per heavy atom. The van der Waals surface area contributed by atoms with Crippen molar-refractivity contribution in [2.45, 2.75) is 45.1 Å². The van der Waals surface area contributed by atoms with Crippen LogP contribution in [0, 0.1) is 11.8 Å². The molecule has 1 N–H and O–H groups in total. The van der Waals surface area contributed by atoms with E-state index in [2.05, 4.69) is 0 Å². The van der Waals surface area contributed by atoms with Gasteiger partial charge >= 0.3 is 5.97 Å². The van der Waals surface area contributed by atoms with E-state index in [0.717, 1.165) is 12.8 Å². The number of methoxy groups -OCH3 is 1. The van der Waals surface area contributed by atoms with Gasteiger partial charge in [-0.2, -0.15) is 0 Å². The van der Waals surface area contributed by atoms with Crippen LogP contribution >= 0.6 is 0 Å². The fourth-order valence-corrected chi connectivity index (χ4v) is 2.27. The molecule has 0 aromatic heterocycles. The van der Waals surface area contributed by atoms with Gasteiger partial charge in [-0.3, -0.25) is 4.79 Å². The van der Waals surface area contributed by atoms with E-state index in [0.29, 0.717) is 18.8 Å². The van der Waals surface area contributed by atoms with Crippen LogP contribution in [0.25, 0.3) is 0 Å². The van der Waals surface area contributed by atoms with Crippen molar-refractivity contribution in [3.05, 3.63) is 0 Å². The van der Waals surface area contributed by atoms with Crippen molar-refractivity contribution in [2.75, 3.05) is 7.11 Å². The lowest BCUT2D eigenvalue weighted by molar-refractivity contribution is -0.158. The van der Waals surface area contributed by atoms with Gasteiger partial charge in [0.05, 0.1) is 18.6 Å². The Hall–Kier alpha value is -0.570. The normalized spacial score (nSPS) is 22.6. The lowest BCUT2D eigenvalue weighted by atomic mass is 9.79. The van der Waals surface area contributed by atoms with Gasteiger partial charge < -0.3 is 9.84 Å². The van der Waals surface area contributed by atoms with Crippen molar-refractivity contribution in [1.82, 2.24) is 0 Å². The third-order valence-electron chi connectivity index (χ3n) is 3.35. The van der Waals surface area contributed by atoms with Crippen molar-refractivity contribution in [3.8, 4) is 0 Å². The number of hydrogen-bond acceptors (Lipinski definition) is 3. The maximum absolute atomic E-state index is 11.5. The standard InChI is InChI=1S/C11H20O3/c1-4-9(10(12)14-3)11(13,5-2)8-6-7-8/h8-9,13H,4-7H2,1-3H3. The maximum atomic E-state index is 11.5. The summed E-state index contributed by atoms with van der Waals surface area (Å²) in [7, 11) is 1.38. The molecule has 0 radical (unpaired) electrons. The molecule has 1 rings (SSSR count). The Kier molecular flexibility index (Phi) is 3.53. The van der Waals surface area contributed by atoms with Crippen LogP contribution in [0.3, 0.4) is 0 Å². The molecule has 14 heavy (non-hydrogen) atoms. The fourth-order valence-electron chi connectivity index (χ4n) is 2.27. The quantitative estimate of drug-likeness (QED) is 0.687. The van der Waals surface area contributed by atoms with Gasteiger partial charge in [0.1, 0.15) is 0 Å². The number of hydrogen-bond donors (Lipinski definition) is 1. The van der Waals surface area contributed by atoms with Crippen LogP contribution in [0.2, 0.25) is 0 Å². The summed E-state index contributed by atoms with van der Waals surface area (Å²) < 4.78 is 4.73. The molecule has 3 nitrogen and oxygen atoms in total. The number of esters is 1. The lowest BCUT2D eigenvalue weighted by Crippen LogP contribution is -2.44. The van der Waals surface area contributed by atoms with E-state index in [9.17, 15) is 9.90 Å². The number of aliphatic hydroxyl groups is 1. The predicted octanol–water partition coefficient (Wildman–Crippen LogP) is 1.74. The molecule has 0 bridgehead atoms. The zero-order chi connectivity index (χ0) is 10.8. The first kappa shape index (κ1) is 11.5. The molecule has 0 heterocycles. The Balaban J connectivity index is 2.78. The molecule has 1 saturated carbocycles. The molecule has 0 spiro atoms. The second-order valence-corrected chi connectivity index (χ2v) is 4.10. The molecule has 0 aromatic carbocycles. The van der Waals surface area contributed by atoms with Gasteiger partial charge in [-0.1, -0.05) is 13.8 Å². The molecular weight excluding hydrogens is 180 g/mol. The summed E-state index contributed by atoms with van der Waals surface area (Å²) in [6, 6.07) is 0.